The van der Waals surface area contributed by atoms with Gasteiger partial charge in [0.2, 0.25) is 10.0 Å². The molecule has 1 saturated carbocycles. The molecule has 0 heterocycles. The zero-order valence-electron chi connectivity index (χ0n) is 16.2. The SMILES string of the molecule is CC(C)(C)OC(=O)NC1CCC(S(=O)(=O)NNC(=O)c2ccc(O)cc2)CC1. The number of ether oxygens (including phenoxy) is 1. The average molecular weight is 413 g/mol. The van der Waals surface area contributed by atoms with Crippen molar-refractivity contribution in [1.82, 2.24) is 15.6 Å². The van der Waals surface area contributed by atoms with Crippen LogP contribution in [0.1, 0.15) is 56.8 Å². The number of hydrazine groups is 1. The number of carbonyl (C=O) groups excluding carboxylic acids is 2. The van der Waals surface area contributed by atoms with Crippen LogP contribution in [0.15, 0.2) is 24.3 Å². The van der Waals surface area contributed by atoms with Gasteiger partial charge < -0.3 is 15.2 Å². The molecule has 0 bridgehead atoms. The van der Waals surface area contributed by atoms with Crippen LogP contribution >= 0.6 is 0 Å². The molecule has 1 aliphatic carbocycles. The molecule has 9 nitrogen and oxygen atoms in total. The van der Waals surface area contributed by atoms with Gasteiger partial charge in [-0.15, -0.1) is 4.83 Å². The van der Waals surface area contributed by atoms with Gasteiger partial charge in [0.1, 0.15) is 11.4 Å². The first-order chi connectivity index (χ1) is 13.0. The molecule has 0 unspecified atom stereocenters. The molecule has 2 rings (SSSR count). The summed E-state index contributed by atoms with van der Waals surface area (Å²) in [7, 11) is -3.75. The maximum Gasteiger partial charge on any atom is 0.407 e. The van der Waals surface area contributed by atoms with Gasteiger partial charge in [0.25, 0.3) is 5.91 Å². The van der Waals surface area contributed by atoms with Crippen molar-refractivity contribution in [2.75, 3.05) is 0 Å². The van der Waals surface area contributed by atoms with Gasteiger partial charge in [-0.1, -0.05) is 0 Å². The second-order valence-corrected chi connectivity index (χ2v) is 9.73. The molecule has 0 aliphatic heterocycles. The fraction of sp³-hybridized carbons (Fsp3) is 0.556. The summed E-state index contributed by atoms with van der Waals surface area (Å²) < 4.78 is 30.0. The van der Waals surface area contributed by atoms with E-state index < -0.39 is 32.9 Å². The largest absolute Gasteiger partial charge is 0.508 e. The number of benzene rings is 1. The van der Waals surface area contributed by atoms with Gasteiger partial charge in [0.05, 0.1) is 5.25 Å². The Labute approximate surface area is 164 Å². The molecule has 10 heteroatoms. The Bertz CT molecular complexity index is 794. The molecular weight excluding hydrogens is 386 g/mol. The Morgan fingerprint density at radius 1 is 1.07 bits per heavy atom. The predicted molar refractivity (Wildman–Crippen MR) is 103 cm³/mol. The monoisotopic (exact) mass is 413 g/mol. The van der Waals surface area contributed by atoms with Crippen LogP contribution in [0.2, 0.25) is 0 Å². The third-order valence-corrected chi connectivity index (χ3v) is 6.01. The van der Waals surface area contributed by atoms with Gasteiger partial charge in [-0.05, 0) is 70.7 Å². The van der Waals surface area contributed by atoms with Crippen molar-refractivity contribution >= 4 is 22.0 Å². The van der Waals surface area contributed by atoms with E-state index in [4.69, 9.17) is 4.74 Å². The third kappa shape index (κ3) is 6.68. The molecule has 156 valence electrons. The summed E-state index contributed by atoms with van der Waals surface area (Å²) in [6, 6.07) is 5.29. The van der Waals surface area contributed by atoms with E-state index in [1.165, 1.54) is 24.3 Å². The minimum absolute atomic E-state index is 0.00822. The van der Waals surface area contributed by atoms with Crippen LogP contribution in [0.5, 0.6) is 5.75 Å². The summed E-state index contributed by atoms with van der Waals surface area (Å²) in [5.41, 5.74) is 1.80. The van der Waals surface area contributed by atoms with E-state index in [2.05, 4.69) is 15.6 Å². The van der Waals surface area contributed by atoms with E-state index in [1.807, 2.05) is 0 Å². The molecule has 2 amide bonds. The average Bonchev–Trinajstić information content (AvgIpc) is 2.59. The van der Waals surface area contributed by atoms with Gasteiger partial charge in [0, 0.05) is 11.6 Å². The molecular formula is C18H27N3O6S. The molecule has 4 N–H and O–H groups in total. The topological polar surface area (TPSA) is 134 Å². The first-order valence-corrected chi connectivity index (χ1v) is 10.6. The van der Waals surface area contributed by atoms with Gasteiger partial charge in [-0.2, -0.15) is 0 Å². The highest BCUT2D eigenvalue weighted by atomic mass is 32.2. The lowest BCUT2D eigenvalue weighted by atomic mass is 9.95. The van der Waals surface area contributed by atoms with Crippen LogP contribution in [0.25, 0.3) is 0 Å². The number of hydrogen-bond acceptors (Lipinski definition) is 6. The lowest BCUT2D eigenvalue weighted by molar-refractivity contribution is 0.0493. The zero-order chi connectivity index (χ0) is 20.9. The summed E-state index contributed by atoms with van der Waals surface area (Å²) in [4.78, 5) is 25.9. The minimum atomic E-state index is -3.75. The highest BCUT2D eigenvalue weighted by Crippen LogP contribution is 2.24. The van der Waals surface area contributed by atoms with Gasteiger partial charge in [-0.3, -0.25) is 10.2 Å². The number of alkyl carbamates (subject to hydrolysis) is 1. The standard InChI is InChI=1S/C18H27N3O6S/c1-18(2,3)27-17(24)19-13-6-10-15(11-7-13)28(25,26)21-20-16(23)12-4-8-14(22)9-5-12/h4-5,8-9,13,15,21-22H,6-7,10-11H2,1-3H3,(H,19,24)(H,20,23). The highest BCUT2D eigenvalue weighted by Gasteiger charge is 2.32. The molecule has 28 heavy (non-hydrogen) atoms. The van der Waals surface area contributed by atoms with Crippen LogP contribution in [0.4, 0.5) is 4.79 Å². The summed E-state index contributed by atoms with van der Waals surface area (Å²) in [5, 5.41) is 11.3. The second kappa shape index (κ2) is 8.78. The molecule has 1 fully saturated rings. The number of carbonyl (C=O) groups is 2. The molecule has 0 radical (unpaired) electrons. The fourth-order valence-corrected chi connectivity index (χ4v) is 4.17. The lowest BCUT2D eigenvalue weighted by Gasteiger charge is -2.29. The van der Waals surface area contributed by atoms with E-state index >= 15 is 0 Å². The molecule has 1 aromatic carbocycles. The first kappa shape index (κ1) is 22.0. The predicted octanol–water partition coefficient (Wildman–Crippen LogP) is 1.79. The molecule has 0 aromatic heterocycles. The maximum absolute atomic E-state index is 12.4. The number of nitrogens with one attached hydrogen (secondary N) is 3. The summed E-state index contributed by atoms with van der Waals surface area (Å²) in [5.74, 6) is -0.613. The van der Waals surface area contributed by atoms with Gasteiger partial charge >= 0.3 is 6.09 Å². The molecule has 0 atom stereocenters. The van der Waals surface area contributed by atoms with E-state index in [-0.39, 0.29) is 17.4 Å². The molecule has 1 aliphatic rings. The van der Waals surface area contributed by atoms with Crippen LogP contribution in [-0.4, -0.2) is 42.4 Å². The number of phenols is 1. The van der Waals surface area contributed by atoms with Crippen molar-refractivity contribution < 1.29 is 27.9 Å². The Morgan fingerprint density at radius 2 is 1.64 bits per heavy atom. The Balaban J connectivity index is 1.81. The summed E-state index contributed by atoms with van der Waals surface area (Å²) >= 11 is 0. The van der Waals surface area contributed by atoms with Gasteiger partial charge in [0.15, 0.2) is 0 Å². The van der Waals surface area contributed by atoms with Crippen LogP contribution in [0, 0.1) is 0 Å². The number of hydrogen-bond donors (Lipinski definition) is 4. The molecule has 0 saturated heterocycles. The Morgan fingerprint density at radius 3 is 2.18 bits per heavy atom. The van der Waals surface area contributed by atoms with Crippen molar-refractivity contribution in [2.45, 2.75) is 63.3 Å². The molecule has 0 spiro atoms. The maximum atomic E-state index is 12.4. The number of aromatic hydroxyl groups is 1. The summed E-state index contributed by atoms with van der Waals surface area (Å²) in [6.45, 7) is 5.32. The van der Waals surface area contributed by atoms with E-state index in [0.717, 1.165) is 0 Å². The van der Waals surface area contributed by atoms with Gasteiger partial charge in [-0.25, -0.2) is 13.2 Å². The number of sulfonamides is 1. The second-order valence-electron chi connectivity index (χ2n) is 7.77. The van der Waals surface area contributed by atoms with Crippen molar-refractivity contribution in [3.63, 3.8) is 0 Å². The van der Waals surface area contributed by atoms with Crippen LogP contribution in [0.3, 0.4) is 0 Å². The van der Waals surface area contributed by atoms with Crippen molar-refractivity contribution in [1.29, 1.82) is 0 Å². The van der Waals surface area contributed by atoms with E-state index in [1.54, 1.807) is 20.8 Å². The van der Waals surface area contributed by atoms with Crippen LogP contribution in [-0.2, 0) is 14.8 Å². The minimum Gasteiger partial charge on any atom is -0.508 e. The lowest BCUT2D eigenvalue weighted by Crippen LogP contribution is -2.48. The Kier molecular flexibility index (Phi) is 6.89. The highest BCUT2D eigenvalue weighted by molar-refractivity contribution is 7.90. The quantitative estimate of drug-likeness (QED) is 0.544. The number of phenolic OH excluding ortho intramolecular Hbond substituents is 1. The van der Waals surface area contributed by atoms with E-state index in [0.29, 0.717) is 25.7 Å². The van der Waals surface area contributed by atoms with E-state index in [9.17, 15) is 23.1 Å². The van der Waals surface area contributed by atoms with Crippen molar-refractivity contribution in [3.8, 4) is 5.75 Å². The van der Waals surface area contributed by atoms with Crippen LogP contribution < -0.4 is 15.6 Å². The number of rotatable bonds is 5. The Hall–Kier alpha value is -2.33. The fourth-order valence-electron chi connectivity index (χ4n) is 2.88. The zero-order valence-corrected chi connectivity index (χ0v) is 17.0. The molecule has 1 aromatic rings. The smallest absolute Gasteiger partial charge is 0.407 e. The third-order valence-electron chi connectivity index (χ3n) is 4.27. The number of amides is 2. The first-order valence-electron chi connectivity index (χ1n) is 9.06. The normalized spacial score (nSPS) is 20.2. The summed E-state index contributed by atoms with van der Waals surface area (Å²) in [6.07, 6.45) is 1.18. The van der Waals surface area contributed by atoms with Crippen molar-refractivity contribution in [3.05, 3.63) is 29.8 Å². The van der Waals surface area contributed by atoms with Crippen molar-refractivity contribution in [2.24, 2.45) is 0 Å².